The number of nitrogens with zero attached hydrogens (tertiary/aromatic N) is 3. The largest absolute Gasteiger partial charge is 0.378 e. The van der Waals surface area contributed by atoms with E-state index in [9.17, 15) is 0 Å². The molecule has 4 heterocycles. The Labute approximate surface area is 127 Å². The molecule has 5 heteroatoms. The first-order valence-electron chi connectivity index (χ1n) is 6.98. The third-order valence-electron chi connectivity index (χ3n) is 4.69. The molecule has 0 aromatic carbocycles. The maximum absolute atomic E-state index is 5.31. The van der Waals surface area contributed by atoms with Crippen molar-refractivity contribution < 1.29 is 4.74 Å². The number of hydrogen-bond acceptors (Lipinski definition) is 4. The molecule has 1 aromatic rings. The van der Waals surface area contributed by atoms with Crippen molar-refractivity contribution in [3.8, 4) is 0 Å². The average molecular weight is 371 g/mol. The van der Waals surface area contributed by atoms with Crippen molar-refractivity contribution in [3.63, 3.8) is 0 Å². The highest BCUT2D eigenvalue weighted by Gasteiger charge is 2.43. The minimum atomic E-state index is 0.704. The third kappa shape index (κ3) is 2.25. The molecule has 19 heavy (non-hydrogen) atoms. The molecule has 3 aliphatic rings. The quantitative estimate of drug-likeness (QED) is 0.736. The van der Waals surface area contributed by atoms with Gasteiger partial charge in [0.2, 0.25) is 0 Å². The number of halogens is 1. The van der Waals surface area contributed by atoms with Gasteiger partial charge in [0, 0.05) is 35.9 Å². The van der Waals surface area contributed by atoms with Crippen LogP contribution in [0.5, 0.6) is 0 Å². The Balaban J connectivity index is 1.41. The normalized spacial score (nSPS) is 31.5. The minimum Gasteiger partial charge on any atom is -0.378 e. The first-order chi connectivity index (χ1) is 9.29. The molecule has 0 N–H and O–H groups in total. The van der Waals surface area contributed by atoms with E-state index < -0.39 is 0 Å². The van der Waals surface area contributed by atoms with Crippen LogP contribution in [0.1, 0.15) is 0 Å². The molecule has 102 valence electrons. The number of anilines is 1. The van der Waals surface area contributed by atoms with Crippen molar-refractivity contribution in [1.82, 2.24) is 9.88 Å². The fraction of sp³-hybridized carbons (Fsp3) is 0.643. The third-order valence-corrected chi connectivity index (χ3v) is 5.33. The van der Waals surface area contributed by atoms with Gasteiger partial charge in [-0.1, -0.05) is 0 Å². The summed E-state index contributed by atoms with van der Waals surface area (Å²) in [4.78, 5) is 9.65. The van der Waals surface area contributed by atoms with Gasteiger partial charge in [0.25, 0.3) is 0 Å². The Morgan fingerprint density at radius 1 is 1.11 bits per heavy atom. The SMILES string of the molecule is Ic1ccc(N2C[C@@H]3CN(C4COC4)C[C@@H]3C2)nc1. The lowest BCUT2D eigenvalue weighted by molar-refractivity contribution is -0.0590. The fourth-order valence-electron chi connectivity index (χ4n) is 3.50. The Bertz CT molecular complexity index is 448. The predicted molar refractivity (Wildman–Crippen MR) is 82.3 cm³/mol. The van der Waals surface area contributed by atoms with Crippen LogP contribution in [0, 0.1) is 15.4 Å². The molecular formula is C14H18IN3O. The number of aromatic nitrogens is 1. The summed E-state index contributed by atoms with van der Waals surface area (Å²) in [7, 11) is 0. The summed E-state index contributed by atoms with van der Waals surface area (Å²) < 4.78 is 6.51. The Hall–Kier alpha value is -0.400. The van der Waals surface area contributed by atoms with Crippen LogP contribution in [0.25, 0.3) is 0 Å². The van der Waals surface area contributed by atoms with Crippen LogP contribution >= 0.6 is 22.6 Å². The zero-order valence-electron chi connectivity index (χ0n) is 10.8. The highest BCUT2D eigenvalue weighted by atomic mass is 127. The molecule has 0 spiro atoms. The van der Waals surface area contributed by atoms with Crippen molar-refractivity contribution in [1.29, 1.82) is 0 Å². The van der Waals surface area contributed by atoms with Crippen molar-refractivity contribution in [2.75, 3.05) is 44.3 Å². The van der Waals surface area contributed by atoms with E-state index in [1.165, 1.54) is 29.7 Å². The molecule has 2 atom stereocenters. The standard InChI is InChI=1S/C14H18IN3O/c15-12-1-2-14(16-3-12)18-6-10-4-17(5-11(10)7-18)13-8-19-9-13/h1-3,10-11,13H,4-9H2/t10-,11+. The van der Waals surface area contributed by atoms with E-state index in [4.69, 9.17) is 4.74 Å². The molecule has 3 fully saturated rings. The summed E-state index contributed by atoms with van der Waals surface area (Å²) in [5, 5.41) is 0. The molecule has 3 saturated heterocycles. The molecule has 0 saturated carbocycles. The molecule has 1 aromatic heterocycles. The van der Waals surface area contributed by atoms with E-state index in [-0.39, 0.29) is 0 Å². The summed E-state index contributed by atoms with van der Waals surface area (Å²) in [5.74, 6) is 2.79. The smallest absolute Gasteiger partial charge is 0.128 e. The van der Waals surface area contributed by atoms with Gasteiger partial charge in [0.05, 0.1) is 19.3 Å². The maximum Gasteiger partial charge on any atom is 0.128 e. The molecule has 4 rings (SSSR count). The number of pyridine rings is 1. The Morgan fingerprint density at radius 2 is 1.84 bits per heavy atom. The molecule has 0 aliphatic carbocycles. The van der Waals surface area contributed by atoms with Gasteiger partial charge in [-0.15, -0.1) is 0 Å². The summed E-state index contributed by atoms with van der Waals surface area (Å²) in [6.07, 6.45) is 1.96. The van der Waals surface area contributed by atoms with E-state index in [0.29, 0.717) is 6.04 Å². The maximum atomic E-state index is 5.31. The summed E-state index contributed by atoms with van der Waals surface area (Å²) in [6, 6.07) is 5.01. The average Bonchev–Trinajstić information content (AvgIpc) is 2.85. The number of fused-ring (bicyclic) bond motifs is 1. The highest BCUT2D eigenvalue weighted by Crippen LogP contribution is 2.35. The van der Waals surface area contributed by atoms with Gasteiger partial charge in [-0.3, -0.25) is 4.90 Å². The monoisotopic (exact) mass is 371 g/mol. The van der Waals surface area contributed by atoms with Crippen LogP contribution in [0.2, 0.25) is 0 Å². The van der Waals surface area contributed by atoms with Crippen LogP contribution in [0.3, 0.4) is 0 Å². The second kappa shape index (κ2) is 4.86. The van der Waals surface area contributed by atoms with Gasteiger partial charge in [0.1, 0.15) is 5.82 Å². The van der Waals surface area contributed by atoms with E-state index in [0.717, 1.165) is 30.9 Å². The fourth-order valence-corrected chi connectivity index (χ4v) is 3.82. The molecule has 0 unspecified atom stereocenters. The van der Waals surface area contributed by atoms with Crippen LogP contribution in [0.4, 0.5) is 5.82 Å². The van der Waals surface area contributed by atoms with E-state index >= 15 is 0 Å². The van der Waals surface area contributed by atoms with E-state index in [1.54, 1.807) is 0 Å². The Morgan fingerprint density at radius 3 is 2.37 bits per heavy atom. The number of rotatable bonds is 2. The van der Waals surface area contributed by atoms with Crippen LogP contribution in [0.15, 0.2) is 18.3 Å². The number of hydrogen-bond donors (Lipinski definition) is 0. The number of ether oxygens (including phenoxy) is 1. The first kappa shape index (κ1) is 12.3. The molecular weight excluding hydrogens is 353 g/mol. The number of likely N-dealkylation sites (tertiary alicyclic amines) is 1. The van der Waals surface area contributed by atoms with E-state index in [2.05, 4.69) is 49.5 Å². The second-order valence-corrected chi connectivity index (χ2v) is 7.15. The van der Waals surface area contributed by atoms with Gasteiger partial charge in [0.15, 0.2) is 0 Å². The molecule has 3 aliphatic heterocycles. The molecule has 0 amide bonds. The second-order valence-electron chi connectivity index (χ2n) is 5.90. The first-order valence-corrected chi connectivity index (χ1v) is 8.06. The van der Waals surface area contributed by atoms with Crippen molar-refractivity contribution in [2.45, 2.75) is 6.04 Å². The van der Waals surface area contributed by atoms with Gasteiger partial charge in [-0.25, -0.2) is 4.98 Å². The lowest BCUT2D eigenvalue weighted by Crippen LogP contribution is -2.48. The van der Waals surface area contributed by atoms with Crippen LogP contribution < -0.4 is 4.90 Å². The van der Waals surface area contributed by atoms with Crippen molar-refractivity contribution in [3.05, 3.63) is 21.9 Å². The van der Waals surface area contributed by atoms with Gasteiger partial charge in [-0.05, 0) is 46.6 Å². The zero-order valence-corrected chi connectivity index (χ0v) is 13.0. The van der Waals surface area contributed by atoms with E-state index in [1.807, 2.05) is 6.20 Å². The van der Waals surface area contributed by atoms with Crippen LogP contribution in [-0.2, 0) is 4.74 Å². The molecule has 0 bridgehead atoms. The van der Waals surface area contributed by atoms with Gasteiger partial charge in [-0.2, -0.15) is 0 Å². The summed E-state index contributed by atoms with van der Waals surface area (Å²) in [5.41, 5.74) is 0. The molecule has 0 radical (unpaired) electrons. The van der Waals surface area contributed by atoms with Gasteiger partial charge < -0.3 is 9.64 Å². The topological polar surface area (TPSA) is 28.6 Å². The summed E-state index contributed by atoms with van der Waals surface area (Å²) >= 11 is 2.31. The lowest BCUT2D eigenvalue weighted by Gasteiger charge is -2.35. The zero-order chi connectivity index (χ0) is 12.8. The predicted octanol–water partition coefficient (Wildman–Crippen LogP) is 1.45. The van der Waals surface area contributed by atoms with Crippen molar-refractivity contribution in [2.24, 2.45) is 11.8 Å². The lowest BCUT2D eigenvalue weighted by atomic mass is 10.0. The van der Waals surface area contributed by atoms with Crippen molar-refractivity contribution >= 4 is 28.4 Å². The molecule has 4 nitrogen and oxygen atoms in total. The minimum absolute atomic E-state index is 0.704. The Kier molecular flexibility index (Phi) is 3.16. The summed E-state index contributed by atoms with van der Waals surface area (Å²) in [6.45, 7) is 6.73. The highest BCUT2D eigenvalue weighted by molar-refractivity contribution is 14.1. The van der Waals surface area contributed by atoms with Crippen LogP contribution in [-0.4, -0.2) is 55.3 Å². The van der Waals surface area contributed by atoms with Gasteiger partial charge >= 0.3 is 0 Å².